The number of thiophene rings is 1. The van der Waals surface area contributed by atoms with E-state index in [1.54, 1.807) is 36.5 Å². The zero-order valence-corrected chi connectivity index (χ0v) is 14.2. The van der Waals surface area contributed by atoms with Crippen molar-refractivity contribution >= 4 is 34.6 Å². The molecule has 6 heteroatoms. The average molecular weight is 337 g/mol. The molecule has 4 nitrogen and oxygen atoms in total. The molecule has 2 rings (SSSR count). The van der Waals surface area contributed by atoms with E-state index in [4.69, 9.17) is 16.3 Å². The maximum Gasteiger partial charge on any atom is 0.280 e. The van der Waals surface area contributed by atoms with Crippen LogP contribution in [0.1, 0.15) is 24.3 Å². The van der Waals surface area contributed by atoms with Crippen LogP contribution >= 0.6 is 22.9 Å². The van der Waals surface area contributed by atoms with Gasteiger partial charge in [-0.1, -0.05) is 17.7 Å². The number of nitrogens with one attached hydrogen (secondary N) is 1. The molecule has 1 unspecified atom stereocenters. The smallest absolute Gasteiger partial charge is 0.280 e. The van der Waals surface area contributed by atoms with E-state index >= 15 is 0 Å². The SMILES string of the molecule is C/C(=N\NC(=O)C(C)Oc1ccc(Cl)cc1C)c1cccs1. The summed E-state index contributed by atoms with van der Waals surface area (Å²) in [5.41, 5.74) is 4.17. The third-order valence-corrected chi connectivity index (χ3v) is 4.24. The normalized spacial score (nSPS) is 12.8. The van der Waals surface area contributed by atoms with E-state index in [1.807, 2.05) is 31.4 Å². The van der Waals surface area contributed by atoms with Crippen molar-refractivity contribution in [1.82, 2.24) is 5.43 Å². The zero-order chi connectivity index (χ0) is 16.1. The Morgan fingerprint density at radius 2 is 2.18 bits per heavy atom. The number of rotatable bonds is 5. The summed E-state index contributed by atoms with van der Waals surface area (Å²) in [7, 11) is 0. The maximum absolute atomic E-state index is 12.0. The zero-order valence-electron chi connectivity index (χ0n) is 12.6. The maximum atomic E-state index is 12.0. The standard InChI is InChI=1S/C16H17ClN2O2S/c1-10-9-13(17)6-7-14(10)21-12(3)16(20)19-18-11(2)15-5-4-8-22-15/h4-9,12H,1-3H3,(H,19,20)/b18-11+. The molecule has 0 bridgehead atoms. The Morgan fingerprint density at radius 3 is 2.82 bits per heavy atom. The number of ether oxygens (including phenoxy) is 1. The van der Waals surface area contributed by atoms with E-state index in [1.165, 1.54) is 0 Å². The van der Waals surface area contributed by atoms with Crippen LogP contribution in [0.3, 0.4) is 0 Å². The summed E-state index contributed by atoms with van der Waals surface area (Å²) in [6, 6.07) is 9.17. The van der Waals surface area contributed by atoms with Crippen molar-refractivity contribution in [2.75, 3.05) is 0 Å². The predicted octanol–water partition coefficient (Wildman–Crippen LogP) is 4.02. The quantitative estimate of drug-likeness (QED) is 0.662. The van der Waals surface area contributed by atoms with Gasteiger partial charge in [-0.2, -0.15) is 5.10 Å². The highest BCUT2D eigenvalue weighted by atomic mass is 35.5. The van der Waals surface area contributed by atoms with Gasteiger partial charge in [0.1, 0.15) is 5.75 Å². The monoisotopic (exact) mass is 336 g/mol. The number of carbonyl (C=O) groups excluding carboxylic acids is 1. The van der Waals surface area contributed by atoms with Crippen molar-refractivity contribution in [2.45, 2.75) is 26.9 Å². The molecule has 0 spiro atoms. The number of benzene rings is 1. The van der Waals surface area contributed by atoms with Gasteiger partial charge in [-0.05, 0) is 56.0 Å². The Labute approximate surface area is 138 Å². The molecule has 1 amide bonds. The highest BCUT2D eigenvalue weighted by Crippen LogP contribution is 2.22. The van der Waals surface area contributed by atoms with Gasteiger partial charge in [0.25, 0.3) is 5.91 Å². The summed E-state index contributed by atoms with van der Waals surface area (Å²) in [5.74, 6) is 0.330. The van der Waals surface area contributed by atoms with E-state index in [0.717, 1.165) is 16.2 Å². The summed E-state index contributed by atoms with van der Waals surface area (Å²) in [5, 5.41) is 6.69. The average Bonchev–Trinajstić information content (AvgIpc) is 3.01. The van der Waals surface area contributed by atoms with Crippen LogP contribution in [0, 0.1) is 6.92 Å². The Hall–Kier alpha value is -1.85. The topological polar surface area (TPSA) is 50.7 Å². The van der Waals surface area contributed by atoms with Crippen molar-refractivity contribution in [1.29, 1.82) is 0 Å². The number of nitrogens with zero attached hydrogens (tertiary/aromatic N) is 1. The molecular weight excluding hydrogens is 320 g/mol. The first-order valence-corrected chi connectivity index (χ1v) is 8.04. The molecule has 116 valence electrons. The minimum Gasteiger partial charge on any atom is -0.481 e. The summed E-state index contributed by atoms with van der Waals surface area (Å²) < 4.78 is 5.65. The minimum absolute atomic E-state index is 0.301. The second kappa shape index (κ2) is 7.42. The largest absolute Gasteiger partial charge is 0.481 e. The Kier molecular flexibility index (Phi) is 5.57. The first kappa shape index (κ1) is 16.5. The fourth-order valence-electron chi connectivity index (χ4n) is 1.76. The van der Waals surface area contributed by atoms with E-state index in [0.29, 0.717) is 10.8 Å². The van der Waals surface area contributed by atoms with Crippen LogP contribution in [0.25, 0.3) is 0 Å². The number of hydrazone groups is 1. The number of hydrogen-bond acceptors (Lipinski definition) is 4. The summed E-state index contributed by atoms with van der Waals surface area (Å²) >= 11 is 7.47. The van der Waals surface area contributed by atoms with Crippen LogP contribution in [0.2, 0.25) is 5.02 Å². The van der Waals surface area contributed by atoms with Crippen molar-refractivity contribution in [3.05, 3.63) is 51.2 Å². The van der Waals surface area contributed by atoms with Crippen LogP contribution in [-0.2, 0) is 4.79 Å². The molecule has 0 aliphatic heterocycles. The fraction of sp³-hybridized carbons (Fsp3) is 0.250. The lowest BCUT2D eigenvalue weighted by Crippen LogP contribution is -2.34. The Morgan fingerprint density at radius 1 is 1.41 bits per heavy atom. The number of aryl methyl sites for hydroxylation is 1. The van der Waals surface area contributed by atoms with Crippen LogP contribution < -0.4 is 10.2 Å². The molecular formula is C16H17ClN2O2S. The van der Waals surface area contributed by atoms with Gasteiger partial charge in [-0.25, -0.2) is 5.43 Å². The van der Waals surface area contributed by atoms with E-state index in [-0.39, 0.29) is 5.91 Å². The molecule has 0 aliphatic rings. The number of carbonyl (C=O) groups is 1. The van der Waals surface area contributed by atoms with Crippen LogP contribution in [-0.4, -0.2) is 17.7 Å². The van der Waals surface area contributed by atoms with Crippen LogP contribution in [0.15, 0.2) is 40.8 Å². The van der Waals surface area contributed by atoms with Gasteiger partial charge in [0, 0.05) is 9.90 Å². The number of hydrogen-bond donors (Lipinski definition) is 1. The summed E-state index contributed by atoms with van der Waals surface area (Å²) in [6.45, 7) is 5.41. The lowest BCUT2D eigenvalue weighted by Gasteiger charge is -2.15. The third kappa shape index (κ3) is 4.32. The molecule has 1 aromatic heterocycles. The van der Waals surface area contributed by atoms with Crippen LogP contribution in [0.5, 0.6) is 5.75 Å². The Balaban J connectivity index is 1.96. The summed E-state index contributed by atoms with van der Waals surface area (Å²) in [4.78, 5) is 13.0. The van der Waals surface area contributed by atoms with Gasteiger partial charge in [0.15, 0.2) is 6.10 Å². The highest BCUT2D eigenvalue weighted by molar-refractivity contribution is 7.12. The van der Waals surface area contributed by atoms with Gasteiger partial charge in [-0.3, -0.25) is 4.79 Å². The second-order valence-electron chi connectivity index (χ2n) is 4.82. The molecule has 0 fully saturated rings. The van der Waals surface area contributed by atoms with E-state index in [2.05, 4.69) is 10.5 Å². The third-order valence-electron chi connectivity index (χ3n) is 3.02. The molecule has 22 heavy (non-hydrogen) atoms. The second-order valence-corrected chi connectivity index (χ2v) is 6.20. The molecule has 2 aromatic rings. The molecule has 1 N–H and O–H groups in total. The molecule has 0 saturated carbocycles. The molecule has 0 aliphatic carbocycles. The summed E-state index contributed by atoms with van der Waals surface area (Å²) in [6.07, 6.45) is -0.653. The van der Waals surface area contributed by atoms with Gasteiger partial charge in [0.05, 0.1) is 5.71 Å². The lowest BCUT2D eigenvalue weighted by atomic mass is 10.2. The Bertz CT molecular complexity index is 683. The van der Waals surface area contributed by atoms with Crippen molar-refractivity contribution in [3.63, 3.8) is 0 Å². The first-order valence-electron chi connectivity index (χ1n) is 6.78. The minimum atomic E-state index is -0.653. The molecule has 1 aromatic carbocycles. The lowest BCUT2D eigenvalue weighted by molar-refractivity contribution is -0.127. The molecule has 1 heterocycles. The van der Waals surface area contributed by atoms with Gasteiger partial charge in [0.2, 0.25) is 0 Å². The highest BCUT2D eigenvalue weighted by Gasteiger charge is 2.15. The molecule has 1 atom stereocenters. The predicted molar refractivity (Wildman–Crippen MR) is 91.0 cm³/mol. The van der Waals surface area contributed by atoms with Gasteiger partial charge < -0.3 is 4.74 Å². The number of amides is 1. The molecule has 0 radical (unpaired) electrons. The van der Waals surface area contributed by atoms with E-state index < -0.39 is 6.10 Å². The van der Waals surface area contributed by atoms with E-state index in [9.17, 15) is 4.79 Å². The van der Waals surface area contributed by atoms with Gasteiger partial charge >= 0.3 is 0 Å². The number of halogens is 1. The van der Waals surface area contributed by atoms with Crippen molar-refractivity contribution < 1.29 is 9.53 Å². The fourth-order valence-corrected chi connectivity index (χ4v) is 2.66. The van der Waals surface area contributed by atoms with Crippen molar-refractivity contribution in [2.24, 2.45) is 5.10 Å². The van der Waals surface area contributed by atoms with Crippen LogP contribution in [0.4, 0.5) is 0 Å². The van der Waals surface area contributed by atoms with Crippen molar-refractivity contribution in [3.8, 4) is 5.75 Å². The molecule has 0 saturated heterocycles. The first-order chi connectivity index (χ1) is 10.5. The van der Waals surface area contributed by atoms with Gasteiger partial charge in [-0.15, -0.1) is 11.3 Å².